The van der Waals surface area contributed by atoms with Gasteiger partial charge in [-0.05, 0) is 68.4 Å². The summed E-state index contributed by atoms with van der Waals surface area (Å²) in [5.41, 5.74) is 6.24. The molecule has 0 fully saturated rings. The second-order valence-corrected chi connectivity index (χ2v) is 9.74. The van der Waals surface area contributed by atoms with Crippen LogP contribution in [-0.2, 0) is 0 Å². The molecule has 0 radical (unpaired) electrons. The van der Waals surface area contributed by atoms with Gasteiger partial charge in [0.15, 0.2) is 0 Å². The van der Waals surface area contributed by atoms with Crippen LogP contribution in [0.3, 0.4) is 0 Å². The zero-order chi connectivity index (χ0) is 24.3. The molecule has 0 aliphatic heterocycles. The summed E-state index contributed by atoms with van der Waals surface area (Å²) in [4.78, 5) is 0. The van der Waals surface area contributed by atoms with Gasteiger partial charge in [0.2, 0.25) is 0 Å². The summed E-state index contributed by atoms with van der Waals surface area (Å²) in [5, 5.41) is 10.3. The van der Waals surface area contributed by atoms with Crippen molar-refractivity contribution in [2.45, 2.75) is 0 Å². The van der Waals surface area contributed by atoms with Crippen LogP contribution in [0.2, 0.25) is 0 Å². The largest absolute Gasteiger partial charge is 0.309 e. The molecule has 0 atom stereocenters. The maximum Gasteiger partial charge on any atom is 0.0619 e. The fourth-order valence-electron chi connectivity index (χ4n) is 6.17. The van der Waals surface area contributed by atoms with E-state index >= 15 is 0 Å². The van der Waals surface area contributed by atoms with Crippen LogP contribution >= 0.6 is 0 Å². The van der Waals surface area contributed by atoms with Crippen LogP contribution in [-0.4, -0.2) is 4.57 Å². The number of para-hydroxylation sites is 2. The van der Waals surface area contributed by atoms with Gasteiger partial charge < -0.3 is 4.57 Å². The van der Waals surface area contributed by atoms with Crippen molar-refractivity contribution in [3.63, 3.8) is 0 Å². The molecule has 0 unspecified atom stereocenters. The molecule has 8 aromatic rings. The quantitative estimate of drug-likeness (QED) is 0.222. The zero-order valence-corrected chi connectivity index (χ0v) is 20.2. The van der Waals surface area contributed by atoms with Crippen molar-refractivity contribution < 1.29 is 0 Å². The van der Waals surface area contributed by atoms with Crippen molar-refractivity contribution in [3.8, 4) is 16.8 Å². The predicted molar refractivity (Wildman–Crippen MR) is 159 cm³/mol. The first-order chi connectivity index (χ1) is 18.4. The molecular formula is C36H23N. The number of hydrogen-bond acceptors (Lipinski definition) is 0. The molecule has 7 aromatic carbocycles. The number of rotatable bonds is 2. The highest BCUT2D eigenvalue weighted by molar-refractivity contribution is 6.24. The lowest BCUT2D eigenvalue weighted by molar-refractivity contribution is 1.19. The highest BCUT2D eigenvalue weighted by Gasteiger charge is 2.19. The van der Waals surface area contributed by atoms with E-state index in [4.69, 9.17) is 0 Å². The smallest absolute Gasteiger partial charge is 0.0619 e. The Kier molecular flexibility index (Phi) is 4.29. The van der Waals surface area contributed by atoms with Crippen molar-refractivity contribution in [3.05, 3.63) is 140 Å². The number of benzene rings is 7. The molecule has 1 nitrogen and oxygen atoms in total. The zero-order valence-electron chi connectivity index (χ0n) is 20.2. The Morgan fingerprint density at radius 2 is 0.892 bits per heavy atom. The third kappa shape index (κ3) is 2.92. The molecule has 1 heterocycles. The summed E-state index contributed by atoms with van der Waals surface area (Å²) < 4.78 is 2.43. The SMILES string of the molecule is c1ccc(-n2c3ccccc3c3cc(-c4cc5ccccc5c5ccccc45)c4ccccc4c32)cc1. The number of hydrogen-bond donors (Lipinski definition) is 0. The molecule has 0 aliphatic rings. The first-order valence-electron chi connectivity index (χ1n) is 12.8. The summed E-state index contributed by atoms with van der Waals surface area (Å²) in [6.07, 6.45) is 0. The molecule has 37 heavy (non-hydrogen) atoms. The molecule has 1 heteroatoms. The van der Waals surface area contributed by atoms with Crippen molar-refractivity contribution in [2.24, 2.45) is 0 Å². The van der Waals surface area contributed by atoms with Crippen LogP contribution in [0.5, 0.6) is 0 Å². The number of aromatic nitrogens is 1. The van der Waals surface area contributed by atoms with E-state index < -0.39 is 0 Å². The monoisotopic (exact) mass is 469 g/mol. The predicted octanol–water partition coefficient (Wildman–Crippen LogP) is 9.91. The molecule has 0 amide bonds. The van der Waals surface area contributed by atoms with Crippen LogP contribution < -0.4 is 0 Å². The molecule has 0 saturated carbocycles. The van der Waals surface area contributed by atoms with Gasteiger partial charge in [0, 0.05) is 21.8 Å². The lowest BCUT2D eigenvalue weighted by Gasteiger charge is -2.15. The Hall–Kier alpha value is -4.88. The van der Waals surface area contributed by atoms with Crippen molar-refractivity contribution in [2.75, 3.05) is 0 Å². The van der Waals surface area contributed by atoms with E-state index in [2.05, 4.69) is 144 Å². The minimum absolute atomic E-state index is 1.18. The Morgan fingerprint density at radius 1 is 0.351 bits per heavy atom. The van der Waals surface area contributed by atoms with E-state index in [0.717, 1.165) is 0 Å². The first kappa shape index (κ1) is 20.3. The van der Waals surface area contributed by atoms with Gasteiger partial charge in [-0.25, -0.2) is 0 Å². The average molecular weight is 470 g/mol. The normalized spacial score (nSPS) is 11.8. The summed E-state index contributed by atoms with van der Waals surface area (Å²) in [6, 6.07) is 50.7. The number of fused-ring (bicyclic) bond motifs is 8. The first-order valence-corrected chi connectivity index (χ1v) is 12.8. The molecule has 172 valence electrons. The summed E-state index contributed by atoms with van der Waals surface area (Å²) in [5.74, 6) is 0. The van der Waals surface area contributed by atoms with E-state index in [0.29, 0.717) is 0 Å². The van der Waals surface area contributed by atoms with Crippen LogP contribution in [0.4, 0.5) is 0 Å². The van der Waals surface area contributed by atoms with E-state index in [1.807, 2.05) is 0 Å². The summed E-state index contributed by atoms with van der Waals surface area (Å²) in [6.45, 7) is 0. The van der Waals surface area contributed by atoms with E-state index in [1.165, 1.54) is 70.9 Å². The van der Waals surface area contributed by atoms with E-state index in [1.54, 1.807) is 0 Å². The molecule has 0 spiro atoms. The topological polar surface area (TPSA) is 4.93 Å². The number of nitrogens with zero attached hydrogens (tertiary/aromatic N) is 1. The molecule has 8 rings (SSSR count). The minimum atomic E-state index is 1.18. The van der Waals surface area contributed by atoms with Gasteiger partial charge in [-0.3, -0.25) is 0 Å². The lowest BCUT2D eigenvalue weighted by Crippen LogP contribution is -1.94. The highest BCUT2D eigenvalue weighted by atomic mass is 15.0. The van der Waals surface area contributed by atoms with E-state index in [-0.39, 0.29) is 0 Å². The van der Waals surface area contributed by atoms with Crippen LogP contribution in [0, 0.1) is 0 Å². The van der Waals surface area contributed by atoms with Crippen LogP contribution in [0.1, 0.15) is 0 Å². The fraction of sp³-hybridized carbons (Fsp3) is 0. The van der Waals surface area contributed by atoms with Gasteiger partial charge in [0.05, 0.1) is 11.0 Å². The maximum atomic E-state index is 2.43. The minimum Gasteiger partial charge on any atom is -0.309 e. The highest BCUT2D eigenvalue weighted by Crippen LogP contribution is 2.43. The molecule has 0 bridgehead atoms. The lowest BCUT2D eigenvalue weighted by atomic mass is 9.89. The van der Waals surface area contributed by atoms with Crippen molar-refractivity contribution in [1.82, 2.24) is 4.57 Å². The van der Waals surface area contributed by atoms with Gasteiger partial charge in [-0.1, -0.05) is 109 Å². The second-order valence-electron chi connectivity index (χ2n) is 9.74. The van der Waals surface area contributed by atoms with Gasteiger partial charge in [0.1, 0.15) is 0 Å². The standard InChI is InChI=1S/C36H23N/c1-2-13-25(14-3-1)37-35-21-11-10-19-30(35)34-23-33(29-18-8-9-20-31(29)36(34)37)32-22-24-12-4-5-15-26(24)27-16-6-7-17-28(27)32/h1-23H. The van der Waals surface area contributed by atoms with Crippen LogP contribution in [0.25, 0.3) is 70.9 Å². The van der Waals surface area contributed by atoms with Gasteiger partial charge in [0.25, 0.3) is 0 Å². The van der Waals surface area contributed by atoms with E-state index in [9.17, 15) is 0 Å². The Balaban J connectivity index is 1.59. The Bertz CT molecular complexity index is 2130. The van der Waals surface area contributed by atoms with Crippen molar-refractivity contribution in [1.29, 1.82) is 0 Å². The average Bonchev–Trinajstić information content (AvgIpc) is 3.31. The third-order valence-corrected chi connectivity index (χ3v) is 7.75. The fourth-order valence-corrected chi connectivity index (χ4v) is 6.17. The van der Waals surface area contributed by atoms with Crippen molar-refractivity contribution >= 4 is 54.1 Å². The molecule has 1 aromatic heterocycles. The Labute approximate surface area is 214 Å². The summed E-state index contributed by atoms with van der Waals surface area (Å²) in [7, 11) is 0. The second kappa shape index (κ2) is 7.81. The Morgan fingerprint density at radius 3 is 1.68 bits per heavy atom. The molecule has 0 N–H and O–H groups in total. The van der Waals surface area contributed by atoms with Gasteiger partial charge >= 0.3 is 0 Å². The summed E-state index contributed by atoms with van der Waals surface area (Å²) >= 11 is 0. The van der Waals surface area contributed by atoms with Gasteiger partial charge in [-0.2, -0.15) is 0 Å². The molecular weight excluding hydrogens is 446 g/mol. The van der Waals surface area contributed by atoms with Crippen LogP contribution in [0.15, 0.2) is 140 Å². The molecule has 0 aliphatic carbocycles. The third-order valence-electron chi connectivity index (χ3n) is 7.75. The maximum absolute atomic E-state index is 2.43. The molecule has 0 saturated heterocycles. The van der Waals surface area contributed by atoms with Gasteiger partial charge in [-0.15, -0.1) is 0 Å².